The van der Waals surface area contributed by atoms with Crippen LogP contribution < -0.4 is 5.32 Å². The van der Waals surface area contributed by atoms with Crippen LogP contribution in [-0.4, -0.2) is 56.5 Å². The summed E-state index contributed by atoms with van der Waals surface area (Å²) >= 11 is 0. The van der Waals surface area contributed by atoms with E-state index in [1.165, 1.54) is 25.5 Å². The number of hydrogen-bond donors (Lipinski definition) is 1. The van der Waals surface area contributed by atoms with Crippen LogP contribution in [0.3, 0.4) is 0 Å². The summed E-state index contributed by atoms with van der Waals surface area (Å²) in [7, 11) is -2.80. The quantitative estimate of drug-likeness (QED) is 0.712. The first-order chi connectivity index (χ1) is 7.96. The molecule has 0 aromatic heterocycles. The summed E-state index contributed by atoms with van der Waals surface area (Å²) in [6.07, 6.45) is 5.97. The maximum absolute atomic E-state index is 11.0. The lowest BCUT2D eigenvalue weighted by Crippen LogP contribution is -2.35. The maximum atomic E-state index is 11.0. The van der Waals surface area contributed by atoms with Crippen molar-refractivity contribution in [2.45, 2.75) is 50.7 Å². The van der Waals surface area contributed by atoms with Crippen molar-refractivity contribution < 1.29 is 8.42 Å². The largest absolute Gasteiger partial charge is 0.313 e. The van der Waals surface area contributed by atoms with Gasteiger partial charge in [-0.2, -0.15) is 0 Å². The van der Waals surface area contributed by atoms with Crippen molar-refractivity contribution in [1.29, 1.82) is 0 Å². The molecule has 1 aliphatic carbocycles. The first-order valence-corrected chi connectivity index (χ1v) is 8.68. The summed E-state index contributed by atoms with van der Waals surface area (Å²) in [6, 6.07) is 2.09. The zero-order valence-corrected chi connectivity index (χ0v) is 11.7. The molecule has 1 N–H and O–H groups in total. The van der Waals surface area contributed by atoms with Crippen molar-refractivity contribution in [1.82, 2.24) is 10.2 Å². The molecule has 0 aromatic rings. The number of hydrogen-bond acceptors (Lipinski definition) is 4. The van der Waals surface area contributed by atoms with Crippen LogP contribution in [0.2, 0.25) is 0 Å². The van der Waals surface area contributed by atoms with E-state index in [1.807, 2.05) is 0 Å². The van der Waals surface area contributed by atoms with Crippen LogP contribution >= 0.6 is 0 Å². The summed E-state index contributed by atoms with van der Waals surface area (Å²) in [5, 5.41) is 3.49. The van der Waals surface area contributed by atoms with Crippen molar-refractivity contribution in [3.05, 3.63) is 0 Å². The molecular weight excluding hydrogens is 236 g/mol. The van der Waals surface area contributed by atoms with Crippen molar-refractivity contribution in [3.63, 3.8) is 0 Å². The Kier molecular flexibility index (Phi) is 4.10. The molecule has 0 aromatic carbocycles. The fraction of sp³-hybridized carbons (Fsp3) is 1.00. The van der Waals surface area contributed by atoms with Gasteiger partial charge in [0.2, 0.25) is 0 Å². The zero-order chi connectivity index (χ0) is 12.5. The first-order valence-electron chi connectivity index (χ1n) is 6.62. The Morgan fingerprint density at radius 3 is 2.65 bits per heavy atom. The second-order valence-electron chi connectivity index (χ2n) is 5.65. The highest BCUT2D eigenvalue weighted by Gasteiger charge is 2.38. The molecule has 1 saturated carbocycles. The number of nitrogens with one attached hydrogen (secondary N) is 1. The van der Waals surface area contributed by atoms with Crippen LogP contribution in [0.5, 0.6) is 0 Å². The summed E-state index contributed by atoms with van der Waals surface area (Å²) in [5.74, 6) is 0.300. The lowest BCUT2D eigenvalue weighted by Gasteiger charge is -2.19. The van der Waals surface area contributed by atoms with Crippen LogP contribution in [0.15, 0.2) is 0 Å². The highest BCUT2D eigenvalue weighted by molar-refractivity contribution is 7.90. The van der Waals surface area contributed by atoms with E-state index in [-0.39, 0.29) is 0 Å². The van der Waals surface area contributed by atoms with Gasteiger partial charge in [-0.05, 0) is 39.2 Å². The monoisotopic (exact) mass is 260 g/mol. The molecule has 1 saturated heterocycles. The van der Waals surface area contributed by atoms with Gasteiger partial charge in [-0.15, -0.1) is 0 Å². The zero-order valence-electron chi connectivity index (χ0n) is 10.9. The van der Waals surface area contributed by atoms with E-state index in [1.54, 1.807) is 0 Å². The van der Waals surface area contributed by atoms with E-state index >= 15 is 0 Å². The molecule has 1 heterocycles. The number of sulfone groups is 1. The van der Waals surface area contributed by atoms with Gasteiger partial charge in [0.25, 0.3) is 0 Å². The Morgan fingerprint density at radius 1 is 1.35 bits per heavy atom. The summed E-state index contributed by atoms with van der Waals surface area (Å²) < 4.78 is 22.0. The van der Waals surface area contributed by atoms with Crippen molar-refractivity contribution >= 4 is 9.84 Å². The lowest BCUT2D eigenvalue weighted by molar-refractivity contribution is 0.255. The predicted molar refractivity (Wildman–Crippen MR) is 69.9 cm³/mol. The van der Waals surface area contributed by atoms with Crippen LogP contribution in [0.25, 0.3) is 0 Å². The van der Waals surface area contributed by atoms with Crippen molar-refractivity contribution in [2.75, 3.05) is 25.1 Å². The smallest absolute Gasteiger partial charge is 0.147 e. The third-order valence-electron chi connectivity index (χ3n) is 3.76. The van der Waals surface area contributed by atoms with E-state index in [4.69, 9.17) is 0 Å². The van der Waals surface area contributed by atoms with Gasteiger partial charge in [-0.3, -0.25) is 4.90 Å². The molecule has 0 spiro atoms. The van der Waals surface area contributed by atoms with Gasteiger partial charge in [0.1, 0.15) is 9.84 Å². The van der Waals surface area contributed by atoms with Crippen LogP contribution in [-0.2, 0) is 9.84 Å². The fourth-order valence-electron chi connectivity index (χ4n) is 2.76. The molecule has 2 aliphatic rings. The topological polar surface area (TPSA) is 49.4 Å². The van der Waals surface area contributed by atoms with Gasteiger partial charge in [-0.25, -0.2) is 8.42 Å². The summed E-state index contributed by atoms with van der Waals surface area (Å²) in [5.41, 5.74) is 0. The van der Waals surface area contributed by atoms with Gasteiger partial charge < -0.3 is 5.32 Å². The van der Waals surface area contributed by atoms with Gasteiger partial charge in [0.05, 0.1) is 5.75 Å². The normalized spacial score (nSPS) is 30.9. The first kappa shape index (κ1) is 13.3. The molecule has 1 aliphatic heterocycles. The Hall–Kier alpha value is -0.130. The molecule has 2 fully saturated rings. The summed E-state index contributed by atoms with van der Waals surface area (Å²) in [6.45, 7) is 4.27. The molecule has 100 valence electrons. The molecule has 5 heteroatoms. The Bertz CT molecular complexity index is 352. The van der Waals surface area contributed by atoms with E-state index in [2.05, 4.69) is 17.1 Å². The molecule has 2 unspecified atom stereocenters. The second kappa shape index (κ2) is 5.24. The molecule has 2 atom stereocenters. The standard InChI is InChI=1S/C12H24N2O2S/c1-10-8-11(9-14(10)12-4-5-12)13-6-3-7-17(2,15)16/h10-13H,3-9H2,1-2H3. The van der Waals surface area contributed by atoms with E-state index in [0.29, 0.717) is 17.8 Å². The third-order valence-corrected chi connectivity index (χ3v) is 4.79. The van der Waals surface area contributed by atoms with Crippen LogP contribution in [0.4, 0.5) is 0 Å². The van der Waals surface area contributed by atoms with Crippen molar-refractivity contribution in [2.24, 2.45) is 0 Å². The van der Waals surface area contributed by atoms with Crippen LogP contribution in [0, 0.1) is 0 Å². The van der Waals surface area contributed by atoms with E-state index < -0.39 is 9.84 Å². The second-order valence-corrected chi connectivity index (χ2v) is 7.91. The molecular formula is C12H24N2O2S. The van der Waals surface area contributed by atoms with Crippen LogP contribution in [0.1, 0.15) is 32.6 Å². The predicted octanol–water partition coefficient (Wildman–Crippen LogP) is 0.636. The third kappa shape index (κ3) is 4.23. The highest BCUT2D eigenvalue weighted by atomic mass is 32.2. The molecule has 0 amide bonds. The Morgan fingerprint density at radius 2 is 2.06 bits per heavy atom. The minimum Gasteiger partial charge on any atom is -0.313 e. The van der Waals surface area contributed by atoms with Crippen molar-refractivity contribution in [3.8, 4) is 0 Å². The number of rotatable bonds is 6. The van der Waals surface area contributed by atoms with Gasteiger partial charge in [0.15, 0.2) is 0 Å². The Balaban J connectivity index is 1.64. The van der Waals surface area contributed by atoms with E-state index in [0.717, 1.165) is 25.6 Å². The van der Waals surface area contributed by atoms with Gasteiger partial charge in [0, 0.05) is 30.9 Å². The van der Waals surface area contributed by atoms with Gasteiger partial charge in [-0.1, -0.05) is 0 Å². The molecule has 0 bridgehead atoms. The summed E-state index contributed by atoms with van der Waals surface area (Å²) in [4.78, 5) is 2.61. The molecule has 2 rings (SSSR count). The minimum atomic E-state index is -2.80. The molecule has 17 heavy (non-hydrogen) atoms. The number of likely N-dealkylation sites (tertiary alicyclic amines) is 1. The highest BCUT2D eigenvalue weighted by Crippen LogP contribution is 2.33. The molecule has 4 nitrogen and oxygen atoms in total. The Labute approximate surface area is 105 Å². The number of nitrogens with zero attached hydrogens (tertiary/aromatic N) is 1. The van der Waals surface area contributed by atoms with E-state index in [9.17, 15) is 8.42 Å². The lowest BCUT2D eigenvalue weighted by atomic mass is 10.2. The molecule has 0 radical (unpaired) electrons. The maximum Gasteiger partial charge on any atom is 0.147 e. The average molecular weight is 260 g/mol. The average Bonchev–Trinajstić information content (AvgIpc) is 2.97. The van der Waals surface area contributed by atoms with Gasteiger partial charge >= 0.3 is 0 Å². The fourth-order valence-corrected chi connectivity index (χ4v) is 3.43. The minimum absolute atomic E-state index is 0.300. The SMILES string of the molecule is CC1CC(NCCCS(C)(=O)=O)CN1C1CC1.